The number of hydrogen-bond acceptors (Lipinski definition) is 7. The molecule has 1 aromatic rings. The van der Waals surface area contributed by atoms with Crippen LogP contribution in [0.15, 0.2) is 24.3 Å². The van der Waals surface area contributed by atoms with Crippen LogP contribution in [-0.2, 0) is 14.3 Å². The SMILES string of the molecule is CCOC(=O)CN1C(=O)C2C(NC3N(c4cccc(C)c4)CCCN23)N(C)C1=O. The number of rotatable bonds is 4. The van der Waals surface area contributed by atoms with E-state index < -0.39 is 24.2 Å². The summed E-state index contributed by atoms with van der Waals surface area (Å²) in [5.74, 6) is -0.934. The Bertz CT molecular complexity index is 831. The lowest BCUT2D eigenvalue weighted by atomic mass is 10.1. The molecule has 9 heteroatoms. The number of ether oxygens (including phenoxy) is 1. The normalized spacial score (nSPS) is 27.1. The van der Waals surface area contributed by atoms with E-state index in [1.54, 1.807) is 14.0 Å². The Kier molecular flexibility index (Phi) is 5.18. The fourth-order valence-corrected chi connectivity index (χ4v) is 4.47. The molecule has 3 unspecified atom stereocenters. The third-order valence-corrected chi connectivity index (χ3v) is 5.80. The Labute approximate surface area is 170 Å². The number of imide groups is 1. The number of anilines is 1. The molecule has 1 N–H and O–H groups in total. The number of carbonyl (C=O) groups excluding carboxylic acids is 3. The molecule has 3 saturated heterocycles. The largest absolute Gasteiger partial charge is 0.465 e. The van der Waals surface area contributed by atoms with Crippen LogP contribution in [-0.4, -0.2) is 84.4 Å². The highest BCUT2D eigenvalue weighted by Gasteiger charge is 2.56. The predicted octanol–water partition coefficient (Wildman–Crippen LogP) is 0.546. The topological polar surface area (TPSA) is 85.4 Å². The number of aryl methyl sites for hydroxylation is 1. The summed E-state index contributed by atoms with van der Waals surface area (Å²) in [4.78, 5) is 44.8. The van der Waals surface area contributed by atoms with Gasteiger partial charge in [0.2, 0.25) is 0 Å². The Morgan fingerprint density at radius 2 is 2.07 bits per heavy atom. The lowest BCUT2D eigenvalue weighted by Gasteiger charge is -2.43. The number of fused-ring (bicyclic) bond motifs is 3. The lowest BCUT2D eigenvalue weighted by molar-refractivity contribution is -0.151. The zero-order valence-corrected chi connectivity index (χ0v) is 17.0. The molecule has 0 spiro atoms. The Morgan fingerprint density at radius 3 is 2.79 bits per heavy atom. The van der Waals surface area contributed by atoms with Crippen LogP contribution in [0.2, 0.25) is 0 Å². The van der Waals surface area contributed by atoms with Gasteiger partial charge in [0.25, 0.3) is 5.91 Å². The van der Waals surface area contributed by atoms with Gasteiger partial charge in [-0.25, -0.2) is 4.79 Å². The number of nitrogens with one attached hydrogen (secondary N) is 1. The van der Waals surface area contributed by atoms with Crippen LogP contribution >= 0.6 is 0 Å². The van der Waals surface area contributed by atoms with Crippen molar-refractivity contribution in [3.8, 4) is 0 Å². The molecule has 0 bridgehead atoms. The Morgan fingerprint density at radius 1 is 1.28 bits per heavy atom. The highest BCUT2D eigenvalue weighted by Crippen LogP contribution is 2.33. The van der Waals surface area contributed by atoms with Crippen molar-refractivity contribution in [3.63, 3.8) is 0 Å². The highest BCUT2D eigenvalue weighted by atomic mass is 16.5. The summed E-state index contributed by atoms with van der Waals surface area (Å²) in [7, 11) is 1.66. The van der Waals surface area contributed by atoms with Gasteiger partial charge in [0.15, 0.2) is 0 Å². The van der Waals surface area contributed by atoms with Gasteiger partial charge < -0.3 is 14.5 Å². The molecule has 9 nitrogen and oxygen atoms in total. The van der Waals surface area contributed by atoms with E-state index in [1.165, 1.54) is 10.5 Å². The van der Waals surface area contributed by atoms with Gasteiger partial charge in [0.1, 0.15) is 25.0 Å². The van der Waals surface area contributed by atoms with Crippen LogP contribution in [0, 0.1) is 6.92 Å². The summed E-state index contributed by atoms with van der Waals surface area (Å²) < 4.78 is 4.94. The smallest absolute Gasteiger partial charge is 0.328 e. The first kappa shape index (κ1) is 19.7. The molecule has 3 aliphatic heterocycles. The number of carbonyl (C=O) groups is 3. The number of benzene rings is 1. The molecule has 156 valence electrons. The van der Waals surface area contributed by atoms with Gasteiger partial charge in [0, 0.05) is 25.8 Å². The van der Waals surface area contributed by atoms with E-state index in [0.29, 0.717) is 0 Å². The number of esters is 1. The van der Waals surface area contributed by atoms with E-state index in [1.807, 2.05) is 6.07 Å². The van der Waals surface area contributed by atoms with Crippen molar-refractivity contribution >= 4 is 23.6 Å². The number of urea groups is 1. The summed E-state index contributed by atoms with van der Waals surface area (Å²) in [6.45, 7) is 5.18. The van der Waals surface area contributed by atoms with Crippen LogP contribution < -0.4 is 10.2 Å². The summed E-state index contributed by atoms with van der Waals surface area (Å²) in [6, 6.07) is 7.23. The van der Waals surface area contributed by atoms with Crippen molar-refractivity contribution in [1.82, 2.24) is 20.0 Å². The van der Waals surface area contributed by atoms with Crippen LogP contribution in [0.3, 0.4) is 0 Å². The molecule has 3 fully saturated rings. The Balaban J connectivity index is 1.61. The van der Waals surface area contributed by atoms with E-state index in [2.05, 4.69) is 40.2 Å². The summed E-state index contributed by atoms with van der Waals surface area (Å²) in [5.41, 5.74) is 2.25. The van der Waals surface area contributed by atoms with Crippen molar-refractivity contribution in [2.45, 2.75) is 38.8 Å². The standard InChI is InChI=1S/C20H27N5O4/c1-4-29-15(26)12-25-18(27)16-17(22(3)20(25)28)21-19-23(9-6-10-24(16)19)14-8-5-7-13(2)11-14/h5,7-8,11,16-17,19,21H,4,6,9-10,12H2,1-3H3. The summed E-state index contributed by atoms with van der Waals surface area (Å²) in [6.07, 6.45) is 0.268. The summed E-state index contributed by atoms with van der Waals surface area (Å²) in [5, 5.41) is 3.47. The first-order chi connectivity index (χ1) is 13.9. The quantitative estimate of drug-likeness (QED) is 0.738. The van der Waals surface area contributed by atoms with E-state index in [0.717, 1.165) is 30.1 Å². The molecule has 3 amide bonds. The van der Waals surface area contributed by atoms with Gasteiger partial charge in [-0.2, -0.15) is 0 Å². The Hall–Kier alpha value is -2.65. The van der Waals surface area contributed by atoms with Gasteiger partial charge in [-0.15, -0.1) is 0 Å². The molecule has 29 heavy (non-hydrogen) atoms. The third-order valence-electron chi connectivity index (χ3n) is 5.80. The first-order valence-electron chi connectivity index (χ1n) is 10.0. The van der Waals surface area contributed by atoms with Gasteiger partial charge in [-0.3, -0.25) is 24.7 Å². The minimum Gasteiger partial charge on any atom is -0.465 e. The molecular formula is C20H27N5O4. The van der Waals surface area contributed by atoms with Crippen LogP contribution in [0.5, 0.6) is 0 Å². The molecule has 0 saturated carbocycles. The van der Waals surface area contributed by atoms with Gasteiger partial charge in [-0.1, -0.05) is 12.1 Å². The number of nitrogens with zero attached hydrogens (tertiary/aromatic N) is 4. The van der Waals surface area contributed by atoms with Gasteiger partial charge in [-0.05, 0) is 38.0 Å². The fourth-order valence-electron chi connectivity index (χ4n) is 4.47. The third kappa shape index (κ3) is 3.34. The van der Waals surface area contributed by atoms with Crippen LogP contribution in [0.25, 0.3) is 0 Å². The zero-order chi connectivity index (χ0) is 20.7. The van der Waals surface area contributed by atoms with Crippen LogP contribution in [0.1, 0.15) is 18.9 Å². The molecular weight excluding hydrogens is 374 g/mol. The van der Waals surface area contributed by atoms with E-state index >= 15 is 0 Å². The molecule has 3 aliphatic rings. The summed E-state index contributed by atoms with van der Waals surface area (Å²) >= 11 is 0. The van der Waals surface area contributed by atoms with Crippen molar-refractivity contribution < 1.29 is 19.1 Å². The lowest BCUT2D eigenvalue weighted by Crippen LogP contribution is -2.67. The van der Waals surface area contributed by atoms with Crippen LogP contribution in [0.4, 0.5) is 10.5 Å². The minimum absolute atomic E-state index is 0.192. The van der Waals surface area contributed by atoms with Gasteiger partial charge >= 0.3 is 12.0 Å². The maximum absolute atomic E-state index is 13.2. The van der Waals surface area contributed by atoms with E-state index in [9.17, 15) is 14.4 Å². The number of amides is 3. The second kappa shape index (κ2) is 7.64. The predicted molar refractivity (Wildman–Crippen MR) is 106 cm³/mol. The second-order valence-corrected chi connectivity index (χ2v) is 7.68. The first-order valence-corrected chi connectivity index (χ1v) is 10.0. The molecule has 4 rings (SSSR count). The second-order valence-electron chi connectivity index (χ2n) is 7.68. The molecule has 0 aliphatic carbocycles. The number of likely N-dealkylation sites (N-methyl/N-ethyl adjacent to an activating group) is 1. The molecule has 0 radical (unpaired) electrons. The fraction of sp³-hybridized carbons (Fsp3) is 0.550. The minimum atomic E-state index is -0.580. The van der Waals surface area contributed by atoms with Crippen molar-refractivity contribution in [3.05, 3.63) is 29.8 Å². The monoisotopic (exact) mass is 401 g/mol. The van der Waals surface area contributed by atoms with Gasteiger partial charge in [0.05, 0.1) is 6.61 Å². The van der Waals surface area contributed by atoms with Crippen molar-refractivity contribution in [1.29, 1.82) is 0 Å². The van der Waals surface area contributed by atoms with E-state index in [-0.39, 0.29) is 25.3 Å². The van der Waals surface area contributed by atoms with Crippen molar-refractivity contribution in [2.75, 3.05) is 38.2 Å². The maximum Gasteiger partial charge on any atom is 0.328 e. The molecule has 1 aromatic carbocycles. The highest BCUT2D eigenvalue weighted by molar-refractivity contribution is 6.02. The zero-order valence-electron chi connectivity index (χ0n) is 17.0. The van der Waals surface area contributed by atoms with E-state index in [4.69, 9.17) is 4.74 Å². The molecule has 3 heterocycles. The maximum atomic E-state index is 13.2. The molecule has 3 atom stereocenters. The molecule has 0 aromatic heterocycles. The average molecular weight is 401 g/mol. The number of hydrogen-bond donors (Lipinski definition) is 1. The van der Waals surface area contributed by atoms with Crippen molar-refractivity contribution in [2.24, 2.45) is 0 Å². The average Bonchev–Trinajstić information content (AvgIpc) is 3.09.